The number of rotatable bonds is 2. The van der Waals surface area contributed by atoms with Gasteiger partial charge in [0.2, 0.25) is 0 Å². The minimum absolute atomic E-state index is 0.355. The van der Waals surface area contributed by atoms with Crippen LogP contribution in [0.1, 0.15) is 11.1 Å². The maximum Gasteiger partial charge on any atom is 0.416 e. The fraction of sp³-hybridized carbons (Fsp3) is 0.0714. The molecule has 0 N–H and O–H groups in total. The Hall–Kier alpha value is -1.97. The van der Waals surface area contributed by atoms with Crippen LogP contribution in [0.3, 0.4) is 0 Å². The van der Waals surface area contributed by atoms with Crippen LogP contribution in [0.5, 0.6) is 11.5 Å². The molecule has 0 aliphatic rings. The summed E-state index contributed by atoms with van der Waals surface area (Å²) in [7, 11) is 0. The van der Waals surface area contributed by atoms with Crippen molar-refractivity contribution in [3.05, 3.63) is 66.6 Å². The first-order chi connectivity index (χ1) is 8.45. The Balaban J connectivity index is 2.16. The van der Waals surface area contributed by atoms with E-state index in [1.807, 2.05) is 0 Å². The summed E-state index contributed by atoms with van der Waals surface area (Å²) in [6.45, 7) is 3.74. The van der Waals surface area contributed by atoms with E-state index in [0.29, 0.717) is 11.5 Å². The van der Waals surface area contributed by atoms with Crippen LogP contribution in [-0.2, 0) is 6.18 Å². The van der Waals surface area contributed by atoms with Crippen molar-refractivity contribution in [1.29, 1.82) is 0 Å². The average molecular weight is 251 g/mol. The highest BCUT2D eigenvalue weighted by molar-refractivity contribution is 5.36. The first-order valence-corrected chi connectivity index (χ1v) is 5.22. The largest absolute Gasteiger partial charge is 0.457 e. The minimum Gasteiger partial charge on any atom is -0.457 e. The molecule has 4 heteroatoms. The second kappa shape index (κ2) is 4.72. The number of alkyl halides is 3. The number of ether oxygens (including phenoxy) is 1. The van der Waals surface area contributed by atoms with Gasteiger partial charge >= 0.3 is 6.18 Å². The van der Waals surface area contributed by atoms with Gasteiger partial charge in [-0.15, -0.1) is 0 Å². The standard InChI is InChI=1S/C14H10F3O/c1-10-3-2-4-13(9-10)18-12-7-5-11(6-8-12)14(15,16)17/h2-9H,1H2. The maximum absolute atomic E-state index is 12.4. The van der Waals surface area contributed by atoms with Gasteiger partial charge < -0.3 is 4.74 Å². The molecule has 0 aliphatic heterocycles. The second-order valence-electron chi connectivity index (χ2n) is 3.77. The molecule has 0 atom stereocenters. The molecule has 0 spiro atoms. The lowest BCUT2D eigenvalue weighted by atomic mass is 10.2. The van der Waals surface area contributed by atoms with Gasteiger partial charge in [-0.3, -0.25) is 0 Å². The number of hydrogen-bond donors (Lipinski definition) is 0. The zero-order valence-electron chi connectivity index (χ0n) is 9.37. The summed E-state index contributed by atoms with van der Waals surface area (Å²) in [6.07, 6.45) is -4.33. The smallest absolute Gasteiger partial charge is 0.416 e. The first-order valence-electron chi connectivity index (χ1n) is 5.22. The third kappa shape index (κ3) is 3.03. The van der Waals surface area contributed by atoms with Crippen molar-refractivity contribution in [3.8, 4) is 11.5 Å². The average Bonchev–Trinajstić information content (AvgIpc) is 2.28. The van der Waals surface area contributed by atoms with Crippen molar-refractivity contribution < 1.29 is 17.9 Å². The van der Waals surface area contributed by atoms with Crippen LogP contribution in [0.25, 0.3) is 0 Å². The fourth-order valence-corrected chi connectivity index (χ4v) is 1.46. The fourth-order valence-electron chi connectivity index (χ4n) is 1.46. The quantitative estimate of drug-likeness (QED) is 0.753. The summed E-state index contributed by atoms with van der Waals surface area (Å²) in [5, 5.41) is 0. The van der Waals surface area contributed by atoms with Gasteiger partial charge in [0.25, 0.3) is 0 Å². The van der Waals surface area contributed by atoms with Crippen molar-refractivity contribution in [2.75, 3.05) is 0 Å². The Labute approximate surface area is 103 Å². The van der Waals surface area contributed by atoms with Gasteiger partial charge in [0.05, 0.1) is 5.56 Å². The highest BCUT2D eigenvalue weighted by Crippen LogP contribution is 2.31. The lowest BCUT2D eigenvalue weighted by molar-refractivity contribution is -0.137. The Morgan fingerprint density at radius 3 is 2.11 bits per heavy atom. The Kier molecular flexibility index (Phi) is 3.28. The molecule has 2 rings (SSSR count). The van der Waals surface area contributed by atoms with Gasteiger partial charge in [0.1, 0.15) is 11.5 Å². The Morgan fingerprint density at radius 2 is 1.56 bits per heavy atom. The van der Waals surface area contributed by atoms with Gasteiger partial charge in [0.15, 0.2) is 0 Å². The van der Waals surface area contributed by atoms with E-state index in [2.05, 4.69) is 6.92 Å². The predicted octanol–water partition coefficient (Wildman–Crippen LogP) is 4.68. The summed E-state index contributed by atoms with van der Waals surface area (Å²) in [5.41, 5.74) is 0.0835. The lowest BCUT2D eigenvalue weighted by Crippen LogP contribution is -2.03. The van der Waals surface area contributed by atoms with Crippen LogP contribution in [0.15, 0.2) is 48.5 Å². The highest BCUT2D eigenvalue weighted by Gasteiger charge is 2.29. The molecule has 0 saturated carbocycles. The zero-order chi connectivity index (χ0) is 13.2. The van der Waals surface area contributed by atoms with E-state index in [0.717, 1.165) is 17.7 Å². The second-order valence-corrected chi connectivity index (χ2v) is 3.77. The van der Waals surface area contributed by atoms with E-state index in [4.69, 9.17) is 4.74 Å². The van der Waals surface area contributed by atoms with E-state index >= 15 is 0 Å². The lowest BCUT2D eigenvalue weighted by Gasteiger charge is -2.09. The van der Waals surface area contributed by atoms with Gasteiger partial charge in [0, 0.05) is 0 Å². The van der Waals surface area contributed by atoms with E-state index in [9.17, 15) is 13.2 Å². The molecule has 2 aromatic rings. The molecule has 0 aliphatic carbocycles. The van der Waals surface area contributed by atoms with Gasteiger partial charge in [-0.25, -0.2) is 0 Å². The molecule has 93 valence electrons. The molecule has 0 heterocycles. The molecular formula is C14H10F3O. The number of halogens is 3. The number of benzene rings is 2. The van der Waals surface area contributed by atoms with Crippen LogP contribution in [0.4, 0.5) is 13.2 Å². The van der Waals surface area contributed by atoms with Crippen molar-refractivity contribution in [2.24, 2.45) is 0 Å². The topological polar surface area (TPSA) is 9.23 Å². The van der Waals surface area contributed by atoms with Crippen LogP contribution < -0.4 is 4.74 Å². The summed E-state index contributed by atoms with van der Waals surface area (Å²) in [5.74, 6) is 0.899. The zero-order valence-corrected chi connectivity index (χ0v) is 9.37. The number of hydrogen-bond acceptors (Lipinski definition) is 1. The van der Waals surface area contributed by atoms with Crippen LogP contribution in [-0.4, -0.2) is 0 Å². The normalized spacial score (nSPS) is 11.3. The Bertz CT molecular complexity index is 529. The molecule has 1 nitrogen and oxygen atoms in total. The van der Waals surface area contributed by atoms with Crippen molar-refractivity contribution in [2.45, 2.75) is 6.18 Å². The minimum atomic E-state index is -4.33. The van der Waals surface area contributed by atoms with Crippen molar-refractivity contribution in [3.63, 3.8) is 0 Å². The van der Waals surface area contributed by atoms with E-state index in [-0.39, 0.29) is 0 Å². The van der Waals surface area contributed by atoms with Crippen molar-refractivity contribution >= 4 is 0 Å². The molecule has 2 aromatic carbocycles. The SMILES string of the molecule is [CH2]c1cccc(Oc2ccc(C(F)(F)F)cc2)c1. The summed E-state index contributed by atoms with van der Waals surface area (Å²) in [6, 6.07) is 11.6. The van der Waals surface area contributed by atoms with Gasteiger partial charge in [-0.2, -0.15) is 13.2 Å². The van der Waals surface area contributed by atoms with Crippen molar-refractivity contribution in [1.82, 2.24) is 0 Å². The predicted molar refractivity (Wildman–Crippen MR) is 62.4 cm³/mol. The summed E-state index contributed by atoms with van der Waals surface area (Å²) >= 11 is 0. The molecule has 0 amide bonds. The Morgan fingerprint density at radius 1 is 0.889 bits per heavy atom. The van der Waals surface area contributed by atoms with E-state index < -0.39 is 11.7 Å². The molecule has 0 fully saturated rings. The summed E-state index contributed by atoms with van der Waals surface area (Å²) < 4.78 is 42.5. The third-order valence-corrected chi connectivity index (χ3v) is 2.32. The van der Waals surface area contributed by atoms with Gasteiger partial charge in [-0.1, -0.05) is 12.1 Å². The van der Waals surface area contributed by atoms with Crippen LogP contribution >= 0.6 is 0 Å². The molecule has 1 radical (unpaired) electrons. The first kappa shape index (κ1) is 12.5. The van der Waals surface area contributed by atoms with E-state index in [1.54, 1.807) is 24.3 Å². The summed E-state index contributed by atoms with van der Waals surface area (Å²) in [4.78, 5) is 0. The maximum atomic E-state index is 12.4. The molecule has 0 saturated heterocycles. The van der Waals surface area contributed by atoms with Crippen LogP contribution in [0.2, 0.25) is 0 Å². The van der Waals surface area contributed by atoms with Gasteiger partial charge in [-0.05, 0) is 48.9 Å². The molecule has 0 bridgehead atoms. The highest BCUT2D eigenvalue weighted by atomic mass is 19.4. The molecular weight excluding hydrogens is 241 g/mol. The third-order valence-electron chi connectivity index (χ3n) is 2.32. The molecule has 0 aromatic heterocycles. The molecule has 0 unspecified atom stereocenters. The van der Waals surface area contributed by atoms with Crippen LogP contribution in [0, 0.1) is 6.92 Å². The monoisotopic (exact) mass is 251 g/mol. The molecule has 18 heavy (non-hydrogen) atoms. The van der Waals surface area contributed by atoms with E-state index in [1.165, 1.54) is 12.1 Å².